The summed E-state index contributed by atoms with van der Waals surface area (Å²) in [6, 6.07) is 0. The Morgan fingerprint density at radius 3 is 1.34 bits per heavy atom. The highest BCUT2D eigenvalue weighted by Gasteiger charge is 2.14. The van der Waals surface area contributed by atoms with Gasteiger partial charge in [-0.05, 0) is 38.5 Å². The predicted octanol–water partition coefficient (Wildman–Crippen LogP) is 8.99. The number of esters is 1. The number of hydrogen-bond acceptors (Lipinski definition) is 3. The highest BCUT2D eigenvalue weighted by Crippen LogP contribution is 2.18. The molecule has 0 amide bonds. The molecule has 0 bridgehead atoms. The monoisotopic (exact) mass is 454 g/mol. The first-order chi connectivity index (χ1) is 15.6. The molecular formula is C28H54O4. The van der Waals surface area contributed by atoms with Crippen LogP contribution in [0.2, 0.25) is 0 Å². The zero-order chi connectivity index (χ0) is 23.7. The number of hydrogen-bond donors (Lipinski definition) is 1. The highest BCUT2D eigenvalue weighted by molar-refractivity contribution is 5.70. The fraction of sp³-hybridized carbons (Fsp3) is 0.929. The summed E-state index contributed by atoms with van der Waals surface area (Å²) in [7, 11) is 0. The quantitative estimate of drug-likeness (QED) is 0.110. The second-order valence-electron chi connectivity index (χ2n) is 9.59. The van der Waals surface area contributed by atoms with E-state index in [1.165, 1.54) is 96.3 Å². The maximum absolute atomic E-state index is 12.2. The largest absolute Gasteiger partial charge is 0.481 e. The van der Waals surface area contributed by atoms with Gasteiger partial charge in [-0.1, -0.05) is 110 Å². The molecule has 0 saturated carbocycles. The molecule has 0 aliphatic rings. The first-order valence-electron chi connectivity index (χ1n) is 14.0. The predicted molar refractivity (Wildman–Crippen MR) is 135 cm³/mol. The number of rotatable bonds is 25. The SMILES string of the molecule is CCCCCCCCCCCCCC(CCCCCCCC)OC(=O)CCCCC(=O)O. The smallest absolute Gasteiger partial charge is 0.306 e. The maximum atomic E-state index is 12.2. The van der Waals surface area contributed by atoms with Gasteiger partial charge in [0.15, 0.2) is 0 Å². The lowest BCUT2D eigenvalue weighted by Crippen LogP contribution is -2.18. The summed E-state index contributed by atoms with van der Waals surface area (Å²) in [6.07, 6.45) is 25.8. The Labute approximate surface area is 199 Å². The number of aliphatic carboxylic acids is 1. The molecule has 32 heavy (non-hydrogen) atoms. The van der Waals surface area contributed by atoms with Crippen molar-refractivity contribution in [3.63, 3.8) is 0 Å². The standard InChI is InChI=1S/C28H54O4/c1-3-5-7-9-11-12-13-14-15-17-19-23-26(22-18-16-10-8-6-4-2)32-28(31)25-21-20-24-27(29)30/h26H,3-25H2,1-2H3,(H,29,30). The first kappa shape index (κ1) is 30.9. The van der Waals surface area contributed by atoms with Crippen LogP contribution in [-0.2, 0) is 14.3 Å². The molecule has 0 aliphatic heterocycles. The zero-order valence-corrected chi connectivity index (χ0v) is 21.5. The van der Waals surface area contributed by atoms with E-state index in [1.54, 1.807) is 0 Å². The van der Waals surface area contributed by atoms with Crippen LogP contribution in [0, 0.1) is 0 Å². The molecule has 190 valence electrons. The summed E-state index contributed by atoms with van der Waals surface area (Å²) < 4.78 is 5.79. The van der Waals surface area contributed by atoms with Crippen molar-refractivity contribution in [2.75, 3.05) is 0 Å². The molecule has 0 heterocycles. The Kier molecular flexibility index (Phi) is 23.8. The fourth-order valence-corrected chi connectivity index (χ4v) is 4.24. The molecule has 0 rings (SSSR count). The van der Waals surface area contributed by atoms with E-state index in [4.69, 9.17) is 9.84 Å². The summed E-state index contributed by atoms with van der Waals surface area (Å²) in [5.41, 5.74) is 0. The second kappa shape index (κ2) is 24.6. The van der Waals surface area contributed by atoms with Gasteiger partial charge in [0.1, 0.15) is 6.10 Å². The summed E-state index contributed by atoms with van der Waals surface area (Å²) in [4.78, 5) is 22.8. The lowest BCUT2D eigenvalue weighted by Gasteiger charge is -2.18. The van der Waals surface area contributed by atoms with Crippen molar-refractivity contribution < 1.29 is 19.4 Å². The van der Waals surface area contributed by atoms with Gasteiger partial charge in [0.25, 0.3) is 0 Å². The van der Waals surface area contributed by atoms with Gasteiger partial charge in [-0.15, -0.1) is 0 Å². The van der Waals surface area contributed by atoms with Crippen LogP contribution in [0.5, 0.6) is 0 Å². The molecule has 0 radical (unpaired) electrons. The minimum Gasteiger partial charge on any atom is -0.481 e. The van der Waals surface area contributed by atoms with Crippen molar-refractivity contribution in [3.05, 3.63) is 0 Å². The van der Waals surface area contributed by atoms with E-state index in [0.29, 0.717) is 19.3 Å². The third kappa shape index (κ3) is 23.6. The van der Waals surface area contributed by atoms with E-state index in [9.17, 15) is 9.59 Å². The molecule has 1 unspecified atom stereocenters. The minimum atomic E-state index is -0.796. The summed E-state index contributed by atoms with van der Waals surface area (Å²) in [5, 5.41) is 8.71. The van der Waals surface area contributed by atoms with Crippen LogP contribution in [0.3, 0.4) is 0 Å². The van der Waals surface area contributed by atoms with E-state index in [-0.39, 0.29) is 18.5 Å². The van der Waals surface area contributed by atoms with Gasteiger partial charge in [0, 0.05) is 12.8 Å². The number of carboxylic acid groups (broad SMARTS) is 1. The van der Waals surface area contributed by atoms with Crippen molar-refractivity contribution in [1.29, 1.82) is 0 Å². The Balaban J connectivity index is 3.97. The van der Waals surface area contributed by atoms with E-state index in [0.717, 1.165) is 25.7 Å². The van der Waals surface area contributed by atoms with Crippen molar-refractivity contribution >= 4 is 11.9 Å². The molecule has 1 atom stereocenters. The minimum absolute atomic E-state index is 0.0479. The number of carbonyl (C=O) groups excluding carboxylic acids is 1. The van der Waals surface area contributed by atoms with E-state index in [2.05, 4.69) is 13.8 Å². The van der Waals surface area contributed by atoms with Crippen LogP contribution in [0.25, 0.3) is 0 Å². The van der Waals surface area contributed by atoms with E-state index < -0.39 is 5.97 Å². The first-order valence-corrected chi connectivity index (χ1v) is 14.0. The second-order valence-corrected chi connectivity index (χ2v) is 9.59. The Hall–Kier alpha value is -1.06. The molecule has 1 N–H and O–H groups in total. The van der Waals surface area contributed by atoms with Crippen LogP contribution in [0.4, 0.5) is 0 Å². The van der Waals surface area contributed by atoms with Gasteiger partial charge < -0.3 is 9.84 Å². The highest BCUT2D eigenvalue weighted by atomic mass is 16.5. The zero-order valence-electron chi connectivity index (χ0n) is 21.5. The molecule has 0 aromatic rings. The summed E-state index contributed by atoms with van der Waals surface area (Å²) >= 11 is 0. The molecule has 0 saturated heterocycles. The van der Waals surface area contributed by atoms with Crippen LogP contribution in [-0.4, -0.2) is 23.1 Å². The Morgan fingerprint density at radius 2 is 0.938 bits per heavy atom. The lowest BCUT2D eigenvalue weighted by molar-refractivity contribution is -0.150. The third-order valence-corrected chi connectivity index (χ3v) is 6.33. The molecule has 0 aliphatic carbocycles. The number of unbranched alkanes of at least 4 members (excludes halogenated alkanes) is 16. The van der Waals surface area contributed by atoms with Gasteiger partial charge in [-0.3, -0.25) is 9.59 Å². The Morgan fingerprint density at radius 1 is 0.562 bits per heavy atom. The topological polar surface area (TPSA) is 63.6 Å². The molecule has 4 nitrogen and oxygen atoms in total. The maximum Gasteiger partial charge on any atom is 0.306 e. The van der Waals surface area contributed by atoms with Gasteiger partial charge in [-0.2, -0.15) is 0 Å². The molecule has 0 aromatic carbocycles. The molecule has 0 aromatic heterocycles. The Bertz CT molecular complexity index is 422. The van der Waals surface area contributed by atoms with Crippen LogP contribution < -0.4 is 0 Å². The average molecular weight is 455 g/mol. The van der Waals surface area contributed by atoms with Crippen molar-refractivity contribution in [2.24, 2.45) is 0 Å². The van der Waals surface area contributed by atoms with E-state index >= 15 is 0 Å². The van der Waals surface area contributed by atoms with Gasteiger partial charge in [0.05, 0.1) is 0 Å². The van der Waals surface area contributed by atoms with Gasteiger partial charge >= 0.3 is 11.9 Å². The molecule has 0 fully saturated rings. The van der Waals surface area contributed by atoms with Crippen LogP contribution in [0.1, 0.15) is 162 Å². The van der Waals surface area contributed by atoms with Crippen molar-refractivity contribution in [2.45, 2.75) is 168 Å². The third-order valence-electron chi connectivity index (χ3n) is 6.33. The summed E-state index contributed by atoms with van der Waals surface area (Å²) in [6.45, 7) is 4.50. The lowest BCUT2D eigenvalue weighted by atomic mass is 10.0. The average Bonchev–Trinajstić information content (AvgIpc) is 2.77. The molecule has 4 heteroatoms. The molecule has 0 spiro atoms. The van der Waals surface area contributed by atoms with Crippen LogP contribution in [0.15, 0.2) is 0 Å². The summed E-state index contributed by atoms with van der Waals surface area (Å²) in [5.74, 6) is -0.940. The number of carboxylic acids is 1. The molecular weight excluding hydrogens is 400 g/mol. The van der Waals surface area contributed by atoms with Gasteiger partial charge in [0.2, 0.25) is 0 Å². The number of carbonyl (C=O) groups is 2. The van der Waals surface area contributed by atoms with Crippen LogP contribution >= 0.6 is 0 Å². The van der Waals surface area contributed by atoms with Gasteiger partial charge in [-0.25, -0.2) is 0 Å². The number of ether oxygens (including phenoxy) is 1. The normalized spacial score (nSPS) is 12.1. The van der Waals surface area contributed by atoms with Crippen molar-refractivity contribution in [1.82, 2.24) is 0 Å². The van der Waals surface area contributed by atoms with Crippen molar-refractivity contribution in [3.8, 4) is 0 Å². The fourth-order valence-electron chi connectivity index (χ4n) is 4.24. The van der Waals surface area contributed by atoms with E-state index in [1.807, 2.05) is 0 Å².